The minimum absolute atomic E-state index is 0.0786. The van der Waals surface area contributed by atoms with E-state index < -0.39 is 15.7 Å². The number of sulfonamides is 1. The minimum atomic E-state index is -4.00. The van der Waals surface area contributed by atoms with Crippen LogP contribution in [-0.4, -0.2) is 20.9 Å². The van der Waals surface area contributed by atoms with Gasteiger partial charge in [-0.3, -0.25) is 9.52 Å². The second-order valence-corrected chi connectivity index (χ2v) is 8.53. The van der Waals surface area contributed by atoms with E-state index in [2.05, 4.69) is 10.0 Å². The Kier molecular flexibility index (Phi) is 6.34. The first-order valence-electron chi connectivity index (χ1n) is 8.81. The fourth-order valence-electron chi connectivity index (χ4n) is 2.82. The molecule has 0 radical (unpaired) electrons. The molecule has 0 atom stereocenters. The highest BCUT2D eigenvalue weighted by atomic mass is 32.2. The van der Waals surface area contributed by atoms with Gasteiger partial charge >= 0.3 is 0 Å². The number of carbonyl (C=O) groups is 1. The SMILES string of the molecule is CCOc1cc(NC(C)=O)ccc1S(=O)(=O)Nc1ccc(C)c(C(C)(C)F)c1. The molecule has 0 saturated heterocycles. The van der Waals surface area contributed by atoms with Crippen LogP contribution in [-0.2, 0) is 20.5 Å². The zero-order chi connectivity index (χ0) is 21.1. The van der Waals surface area contributed by atoms with Gasteiger partial charge in [0, 0.05) is 24.4 Å². The molecule has 6 nitrogen and oxygen atoms in total. The van der Waals surface area contributed by atoms with Crippen LogP contribution in [0.3, 0.4) is 0 Å². The number of carbonyl (C=O) groups excluding carboxylic acids is 1. The summed E-state index contributed by atoms with van der Waals surface area (Å²) in [6.45, 7) is 7.93. The molecule has 2 aromatic carbocycles. The second kappa shape index (κ2) is 8.18. The number of ether oxygens (including phenoxy) is 1. The molecule has 0 aliphatic rings. The number of benzene rings is 2. The number of alkyl halides is 1. The highest BCUT2D eigenvalue weighted by Crippen LogP contribution is 2.32. The van der Waals surface area contributed by atoms with Gasteiger partial charge in [-0.15, -0.1) is 0 Å². The molecular weight excluding hydrogens is 383 g/mol. The van der Waals surface area contributed by atoms with Crippen molar-refractivity contribution >= 4 is 27.3 Å². The van der Waals surface area contributed by atoms with Crippen LogP contribution in [0.25, 0.3) is 0 Å². The van der Waals surface area contributed by atoms with Crippen LogP contribution in [0.2, 0.25) is 0 Å². The maximum Gasteiger partial charge on any atom is 0.265 e. The molecule has 152 valence electrons. The van der Waals surface area contributed by atoms with Gasteiger partial charge in [-0.05, 0) is 63.1 Å². The van der Waals surface area contributed by atoms with Gasteiger partial charge in [0.2, 0.25) is 5.91 Å². The molecule has 2 N–H and O–H groups in total. The Morgan fingerprint density at radius 2 is 1.79 bits per heavy atom. The first kappa shape index (κ1) is 21.7. The van der Waals surface area contributed by atoms with E-state index in [0.29, 0.717) is 11.3 Å². The van der Waals surface area contributed by atoms with E-state index in [-0.39, 0.29) is 28.8 Å². The van der Waals surface area contributed by atoms with E-state index in [1.54, 1.807) is 26.0 Å². The van der Waals surface area contributed by atoms with E-state index >= 15 is 0 Å². The molecule has 28 heavy (non-hydrogen) atoms. The van der Waals surface area contributed by atoms with Crippen LogP contribution < -0.4 is 14.8 Å². The molecule has 8 heteroatoms. The summed E-state index contributed by atoms with van der Waals surface area (Å²) in [5, 5.41) is 2.59. The predicted octanol–water partition coefficient (Wildman–Crippen LogP) is 4.36. The molecule has 2 rings (SSSR count). The van der Waals surface area contributed by atoms with Crippen molar-refractivity contribution in [1.29, 1.82) is 0 Å². The van der Waals surface area contributed by atoms with Gasteiger partial charge in [0.25, 0.3) is 10.0 Å². The summed E-state index contributed by atoms with van der Waals surface area (Å²) < 4.78 is 48.1. The Morgan fingerprint density at radius 3 is 2.36 bits per heavy atom. The topological polar surface area (TPSA) is 84.5 Å². The van der Waals surface area contributed by atoms with Crippen LogP contribution in [0.15, 0.2) is 41.3 Å². The Hall–Kier alpha value is -2.61. The first-order valence-corrected chi connectivity index (χ1v) is 10.3. The smallest absolute Gasteiger partial charge is 0.265 e. The average molecular weight is 408 g/mol. The highest BCUT2D eigenvalue weighted by Gasteiger charge is 2.24. The van der Waals surface area contributed by atoms with E-state index in [1.807, 2.05) is 0 Å². The van der Waals surface area contributed by atoms with E-state index in [1.165, 1.54) is 45.0 Å². The van der Waals surface area contributed by atoms with Crippen molar-refractivity contribution < 1.29 is 22.3 Å². The fraction of sp³-hybridized carbons (Fsp3) is 0.350. The fourth-order valence-corrected chi connectivity index (χ4v) is 3.99. The normalized spacial score (nSPS) is 11.8. The number of hydrogen-bond donors (Lipinski definition) is 2. The number of anilines is 2. The minimum Gasteiger partial charge on any atom is -0.492 e. The molecular formula is C20H25FN2O4S. The van der Waals surface area contributed by atoms with E-state index in [0.717, 1.165) is 5.56 Å². The molecule has 0 unspecified atom stereocenters. The van der Waals surface area contributed by atoms with Crippen molar-refractivity contribution in [1.82, 2.24) is 0 Å². The zero-order valence-corrected chi connectivity index (χ0v) is 17.4. The summed E-state index contributed by atoms with van der Waals surface area (Å²) in [6, 6.07) is 9.01. The number of nitrogens with one attached hydrogen (secondary N) is 2. The summed E-state index contributed by atoms with van der Waals surface area (Å²) in [6.07, 6.45) is 0. The van der Waals surface area contributed by atoms with Crippen molar-refractivity contribution in [3.8, 4) is 5.75 Å². The number of rotatable bonds is 7. The third kappa shape index (κ3) is 5.22. The number of halogens is 1. The third-order valence-corrected chi connectivity index (χ3v) is 5.40. The van der Waals surface area contributed by atoms with E-state index in [9.17, 15) is 17.6 Å². The Balaban J connectivity index is 2.43. The van der Waals surface area contributed by atoms with Crippen molar-refractivity contribution in [2.75, 3.05) is 16.6 Å². The largest absolute Gasteiger partial charge is 0.492 e. The van der Waals surface area contributed by atoms with Crippen LogP contribution in [0.1, 0.15) is 38.8 Å². The lowest BCUT2D eigenvalue weighted by Gasteiger charge is -2.19. The van der Waals surface area contributed by atoms with Crippen LogP contribution in [0.5, 0.6) is 5.75 Å². The van der Waals surface area contributed by atoms with Crippen LogP contribution >= 0.6 is 0 Å². The van der Waals surface area contributed by atoms with Crippen molar-refractivity contribution in [2.24, 2.45) is 0 Å². The van der Waals surface area contributed by atoms with Crippen molar-refractivity contribution in [3.63, 3.8) is 0 Å². The summed E-state index contributed by atoms with van der Waals surface area (Å²) in [5.41, 5.74) is 0.192. The maximum absolute atomic E-state index is 14.4. The maximum atomic E-state index is 14.4. The molecule has 0 spiro atoms. The molecule has 1 amide bonds. The summed E-state index contributed by atoms with van der Waals surface area (Å²) in [4.78, 5) is 11.2. The van der Waals surface area contributed by atoms with Crippen molar-refractivity contribution in [2.45, 2.75) is 45.2 Å². The third-order valence-electron chi connectivity index (χ3n) is 3.98. The predicted molar refractivity (Wildman–Crippen MR) is 108 cm³/mol. The van der Waals surface area contributed by atoms with Crippen molar-refractivity contribution in [3.05, 3.63) is 47.5 Å². The van der Waals surface area contributed by atoms with Gasteiger partial charge in [0.1, 0.15) is 16.3 Å². The first-order chi connectivity index (χ1) is 12.9. The van der Waals surface area contributed by atoms with Gasteiger partial charge in [-0.25, -0.2) is 12.8 Å². The lowest BCUT2D eigenvalue weighted by Crippen LogP contribution is -2.17. The number of aryl methyl sites for hydroxylation is 1. The number of hydrogen-bond acceptors (Lipinski definition) is 4. The molecule has 0 bridgehead atoms. The lowest BCUT2D eigenvalue weighted by molar-refractivity contribution is -0.114. The Labute approximate surface area is 165 Å². The highest BCUT2D eigenvalue weighted by molar-refractivity contribution is 7.92. The van der Waals surface area contributed by atoms with Gasteiger partial charge in [0.15, 0.2) is 0 Å². The Morgan fingerprint density at radius 1 is 1.14 bits per heavy atom. The molecule has 0 saturated carbocycles. The van der Waals surface area contributed by atoms with Gasteiger partial charge in [0.05, 0.1) is 6.61 Å². The molecule has 0 aliphatic heterocycles. The van der Waals surface area contributed by atoms with Gasteiger partial charge in [-0.1, -0.05) is 6.07 Å². The quantitative estimate of drug-likeness (QED) is 0.713. The molecule has 0 aliphatic carbocycles. The Bertz CT molecular complexity index is 982. The summed E-state index contributed by atoms with van der Waals surface area (Å²) >= 11 is 0. The lowest BCUT2D eigenvalue weighted by atomic mass is 9.95. The summed E-state index contributed by atoms with van der Waals surface area (Å²) in [7, 11) is -4.00. The number of amides is 1. The standard InChI is InChI=1S/C20H25FN2O4S/c1-6-27-18-12-15(22-14(3)24)9-10-19(18)28(25,26)23-16-8-7-13(2)17(11-16)20(4,5)21/h7-12,23H,6H2,1-5H3,(H,22,24). The molecule has 2 aromatic rings. The monoisotopic (exact) mass is 408 g/mol. The van der Waals surface area contributed by atoms with Gasteiger partial charge in [-0.2, -0.15) is 0 Å². The second-order valence-electron chi connectivity index (χ2n) is 6.88. The molecule has 0 aromatic heterocycles. The average Bonchev–Trinajstić information content (AvgIpc) is 2.55. The van der Waals surface area contributed by atoms with Gasteiger partial charge < -0.3 is 10.1 Å². The molecule has 0 fully saturated rings. The van der Waals surface area contributed by atoms with Crippen LogP contribution in [0.4, 0.5) is 15.8 Å². The molecule has 0 heterocycles. The van der Waals surface area contributed by atoms with E-state index in [4.69, 9.17) is 4.74 Å². The summed E-state index contributed by atoms with van der Waals surface area (Å²) in [5.74, 6) is -0.170. The zero-order valence-electron chi connectivity index (χ0n) is 16.6. The van der Waals surface area contributed by atoms with Crippen LogP contribution in [0, 0.1) is 6.92 Å².